The molecule has 0 aromatic rings. The zero-order valence-electron chi connectivity index (χ0n) is 19.2. The molecule has 0 amide bonds. The van der Waals surface area contributed by atoms with Gasteiger partial charge in [0.15, 0.2) is 0 Å². The van der Waals surface area contributed by atoms with Crippen LogP contribution in [-0.4, -0.2) is 35.3 Å². The number of phosphoric ester groups is 1. The molecule has 0 bridgehead atoms. The maximum absolute atomic E-state index is 11.7. The molecule has 0 saturated heterocycles. The molecule has 0 aromatic carbocycles. The molecule has 180 valence electrons. The lowest BCUT2D eigenvalue weighted by atomic mass is 10.0. The highest BCUT2D eigenvalue weighted by atomic mass is 31.2. The zero-order valence-corrected chi connectivity index (χ0v) is 20.1. The molecule has 0 spiro atoms. The first kappa shape index (κ1) is 29.5. The van der Waals surface area contributed by atoms with Gasteiger partial charge in [-0.2, -0.15) is 0 Å². The minimum Gasteiger partial charge on any atom is -0.460 e. The Kier molecular flexibility index (Phi) is 20.1. The highest BCUT2D eigenvalue weighted by molar-refractivity contribution is 7.46. The van der Waals surface area contributed by atoms with Crippen LogP contribution in [0.2, 0.25) is 0 Å². The number of carbonyl (C=O) groups is 1. The van der Waals surface area contributed by atoms with Crippen molar-refractivity contribution >= 4 is 13.8 Å². The smallest absolute Gasteiger partial charge is 0.460 e. The molecule has 0 fully saturated rings. The number of esters is 1. The van der Waals surface area contributed by atoms with Gasteiger partial charge in [0.25, 0.3) is 0 Å². The Hall–Kier alpha value is -0.460. The van der Waals surface area contributed by atoms with Crippen LogP contribution in [-0.2, 0) is 23.4 Å². The summed E-state index contributed by atoms with van der Waals surface area (Å²) in [6.07, 6.45) is 18.0. The van der Waals surface area contributed by atoms with E-state index in [1.807, 2.05) is 0 Å². The first-order chi connectivity index (χ1) is 14.4. The van der Waals surface area contributed by atoms with Crippen LogP contribution in [0.1, 0.15) is 117 Å². The normalized spacial score (nSPS) is 12.8. The number of phosphoric acid groups is 1. The zero-order chi connectivity index (χ0) is 22.5. The largest absolute Gasteiger partial charge is 0.472 e. The third-order valence-electron chi connectivity index (χ3n) is 4.97. The van der Waals surface area contributed by atoms with Crippen LogP contribution >= 0.6 is 7.82 Å². The summed E-state index contributed by atoms with van der Waals surface area (Å²) in [4.78, 5) is 29.3. The van der Waals surface area contributed by atoms with E-state index in [-0.39, 0.29) is 13.2 Å². The van der Waals surface area contributed by atoms with E-state index in [4.69, 9.17) is 19.3 Å². The third-order valence-corrected chi connectivity index (χ3v) is 5.48. The van der Waals surface area contributed by atoms with Crippen molar-refractivity contribution in [1.29, 1.82) is 0 Å². The van der Waals surface area contributed by atoms with Gasteiger partial charge in [-0.1, -0.05) is 96.8 Å². The van der Waals surface area contributed by atoms with Crippen LogP contribution in [0.5, 0.6) is 0 Å². The molecule has 30 heavy (non-hydrogen) atoms. The van der Waals surface area contributed by atoms with E-state index < -0.39 is 20.1 Å². The molecule has 0 radical (unpaired) electrons. The van der Waals surface area contributed by atoms with E-state index in [1.54, 1.807) is 6.92 Å². The van der Waals surface area contributed by atoms with Gasteiger partial charge in [-0.05, 0) is 13.3 Å². The second-order valence-corrected chi connectivity index (χ2v) is 9.06. The Morgan fingerprint density at radius 2 is 1.20 bits per heavy atom. The molecule has 1 unspecified atom stereocenters. The molecule has 1 atom stereocenters. The third kappa shape index (κ3) is 22.2. The number of hydrogen-bond donors (Lipinski definition) is 2. The molecule has 0 aliphatic heterocycles. The number of hydrogen-bond acceptors (Lipinski definition) is 5. The van der Waals surface area contributed by atoms with Crippen molar-refractivity contribution < 1.29 is 33.1 Å². The Balaban J connectivity index is 3.45. The van der Waals surface area contributed by atoms with Gasteiger partial charge in [-0.25, -0.2) is 4.57 Å². The fourth-order valence-electron chi connectivity index (χ4n) is 3.32. The Bertz CT molecular complexity index is 439. The summed E-state index contributed by atoms with van der Waals surface area (Å²) in [6, 6.07) is 0. The number of rotatable bonds is 22. The minimum absolute atomic E-state index is 0.196. The van der Waals surface area contributed by atoms with Gasteiger partial charge in [0.1, 0.15) is 6.61 Å². The monoisotopic (exact) mass is 452 g/mol. The van der Waals surface area contributed by atoms with E-state index >= 15 is 0 Å². The Morgan fingerprint density at radius 1 is 0.767 bits per heavy atom. The summed E-state index contributed by atoms with van der Waals surface area (Å²) < 4.78 is 25.3. The topological polar surface area (TPSA) is 102 Å². The van der Waals surface area contributed by atoms with Gasteiger partial charge >= 0.3 is 13.8 Å². The van der Waals surface area contributed by atoms with Gasteiger partial charge in [0, 0.05) is 13.0 Å². The molecule has 0 aliphatic rings. The van der Waals surface area contributed by atoms with Gasteiger partial charge in [-0.3, -0.25) is 9.32 Å². The summed E-state index contributed by atoms with van der Waals surface area (Å²) in [6.45, 7) is 3.79. The van der Waals surface area contributed by atoms with Crippen LogP contribution < -0.4 is 0 Å². The van der Waals surface area contributed by atoms with Crippen molar-refractivity contribution in [1.82, 2.24) is 0 Å². The molecule has 0 saturated carbocycles. The Morgan fingerprint density at radius 3 is 1.60 bits per heavy atom. The highest BCUT2D eigenvalue weighted by Crippen LogP contribution is 2.37. The van der Waals surface area contributed by atoms with Gasteiger partial charge in [0.2, 0.25) is 6.29 Å². The van der Waals surface area contributed by atoms with Crippen LogP contribution in [0.25, 0.3) is 0 Å². The lowest BCUT2D eigenvalue weighted by Gasteiger charge is -2.17. The maximum atomic E-state index is 11.7. The van der Waals surface area contributed by atoms with Gasteiger partial charge in [0.05, 0.1) is 0 Å². The summed E-state index contributed by atoms with van der Waals surface area (Å²) in [5.41, 5.74) is 0. The van der Waals surface area contributed by atoms with Crippen molar-refractivity contribution in [2.24, 2.45) is 0 Å². The van der Waals surface area contributed by atoms with Crippen molar-refractivity contribution in [3.63, 3.8) is 0 Å². The highest BCUT2D eigenvalue weighted by Gasteiger charge is 2.23. The fourth-order valence-corrected chi connectivity index (χ4v) is 3.75. The summed E-state index contributed by atoms with van der Waals surface area (Å²) in [7, 11) is -4.68. The van der Waals surface area contributed by atoms with Crippen LogP contribution in [0.3, 0.4) is 0 Å². The molecule has 0 heterocycles. The predicted molar refractivity (Wildman–Crippen MR) is 119 cm³/mol. The van der Waals surface area contributed by atoms with E-state index in [0.29, 0.717) is 6.42 Å². The predicted octanol–water partition coefficient (Wildman–Crippen LogP) is 6.26. The van der Waals surface area contributed by atoms with Crippen LogP contribution in [0.15, 0.2) is 0 Å². The first-order valence-corrected chi connectivity index (χ1v) is 13.4. The average Bonchev–Trinajstić information content (AvgIpc) is 2.68. The molecule has 0 aromatic heterocycles. The van der Waals surface area contributed by atoms with E-state index in [1.165, 1.54) is 77.0 Å². The lowest BCUT2D eigenvalue weighted by Crippen LogP contribution is -2.24. The molecule has 7 nitrogen and oxygen atoms in total. The first-order valence-electron chi connectivity index (χ1n) is 11.9. The number of ether oxygens (including phenoxy) is 2. The SMILES string of the molecule is CCCCCCCCCCCCCCCCCC(=O)OCC(OCC)OP(=O)(O)O. The maximum Gasteiger partial charge on any atom is 0.472 e. The van der Waals surface area contributed by atoms with E-state index in [2.05, 4.69) is 11.4 Å². The van der Waals surface area contributed by atoms with Crippen LogP contribution in [0.4, 0.5) is 0 Å². The second-order valence-electron chi connectivity index (χ2n) is 7.86. The minimum atomic E-state index is -4.68. The fraction of sp³-hybridized carbons (Fsp3) is 0.955. The molecule has 0 aliphatic carbocycles. The van der Waals surface area contributed by atoms with Crippen molar-refractivity contribution in [3.05, 3.63) is 0 Å². The quantitative estimate of drug-likeness (QED) is 0.0864. The molecule has 2 N–H and O–H groups in total. The number of unbranched alkanes of at least 4 members (excludes halogenated alkanes) is 14. The van der Waals surface area contributed by atoms with Gasteiger partial charge in [-0.15, -0.1) is 0 Å². The second kappa shape index (κ2) is 20.4. The summed E-state index contributed by atoms with van der Waals surface area (Å²) in [5, 5.41) is 0. The average molecular weight is 453 g/mol. The molecule has 0 rings (SSSR count). The summed E-state index contributed by atoms with van der Waals surface area (Å²) >= 11 is 0. The molecular formula is C22H45O7P. The number of carbonyl (C=O) groups excluding carboxylic acids is 1. The van der Waals surface area contributed by atoms with Gasteiger partial charge < -0.3 is 19.3 Å². The molecule has 8 heteroatoms. The van der Waals surface area contributed by atoms with E-state index in [0.717, 1.165) is 19.3 Å². The van der Waals surface area contributed by atoms with E-state index in [9.17, 15) is 9.36 Å². The summed E-state index contributed by atoms with van der Waals surface area (Å²) in [5.74, 6) is -0.399. The molecular weight excluding hydrogens is 407 g/mol. The lowest BCUT2D eigenvalue weighted by molar-refractivity contribution is -0.162. The van der Waals surface area contributed by atoms with Crippen molar-refractivity contribution in [2.75, 3.05) is 13.2 Å². The van der Waals surface area contributed by atoms with Crippen LogP contribution in [0, 0.1) is 0 Å². The van der Waals surface area contributed by atoms with Crippen molar-refractivity contribution in [2.45, 2.75) is 123 Å². The van der Waals surface area contributed by atoms with Crippen molar-refractivity contribution in [3.8, 4) is 0 Å². The Labute approximate surface area is 183 Å². The standard InChI is InChI=1S/C22H45O7P/c1-3-5-6-7-8-9-10-11-12-13-14-15-16-17-18-19-21(23)28-20-22(27-4-2)29-30(24,25)26/h22H,3-20H2,1-2H3,(H2,24,25,26).